The maximum Gasteiger partial charge on any atom is 0.229 e. The van der Waals surface area contributed by atoms with E-state index in [1.165, 1.54) is 0 Å². The number of oxazole rings is 1. The molecular formula is C21H21N3O3. The van der Waals surface area contributed by atoms with Crippen LogP contribution in [0.2, 0.25) is 0 Å². The Hall–Kier alpha value is -3.15. The number of benzene rings is 2. The van der Waals surface area contributed by atoms with Crippen molar-refractivity contribution in [2.24, 2.45) is 5.92 Å². The van der Waals surface area contributed by atoms with Crippen LogP contribution >= 0.6 is 0 Å². The number of anilines is 2. The molecule has 0 radical (unpaired) electrons. The monoisotopic (exact) mass is 363 g/mol. The molecular weight excluding hydrogens is 342 g/mol. The van der Waals surface area contributed by atoms with Crippen molar-refractivity contribution < 1.29 is 14.0 Å². The second-order valence-electron chi connectivity index (χ2n) is 7.03. The Morgan fingerprint density at radius 2 is 2.04 bits per heavy atom. The smallest absolute Gasteiger partial charge is 0.229 e. The lowest BCUT2D eigenvalue weighted by molar-refractivity contribution is -0.122. The second kappa shape index (κ2) is 6.54. The summed E-state index contributed by atoms with van der Waals surface area (Å²) in [5.41, 5.74) is 5.09. The number of carbonyl (C=O) groups is 2. The molecule has 0 aliphatic carbocycles. The number of carbonyl (C=O) groups excluding carboxylic acids is 2. The van der Waals surface area contributed by atoms with Gasteiger partial charge in [0.15, 0.2) is 11.5 Å². The van der Waals surface area contributed by atoms with Gasteiger partial charge in [0.1, 0.15) is 5.52 Å². The molecule has 1 unspecified atom stereocenters. The minimum Gasteiger partial charge on any atom is -0.441 e. The summed E-state index contributed by atoms with van der Waals surface area (Å²) in [6.07, 6.45) is 0.201. The Labute approximate surface area is 157 Å². The molecule has 0 bridgehead atoms. The molecule has 138 valence electrons. The van der Waals surface area contributed by atoms with Crippen molar-refractivity contribution >= 4 is 34.3 Å². The molecule has 1 saturated heterocycles. The number of aryl methyl sites for hydroxylation is 2. The standard InChI is InChI=1S/C21H21N3O3/c1-12-5-4-6-17(13(12)2)23-21(26)15-9-20(25)24(11-15)16-7-8-19-18(10-16)22-14(3)27-19/h4-8,10,15H,9,11H2,1-3H3,(H,23,26). The van der Waals surface area contributed by atoms with E-state index in [2.05, 4.69) is 10.3 Å². The van der Waals surface area contributed by atoms with Crippen LogP contribution in [0.4, 0.5) is 11.4 Å². The summed E-state index contributed by atoms with van der Waals surface area (Å²) in [6, 6.07) is 11.3. The Morgan fingerprint density at radius 3 is 2.85 bits per heavy atom. The van der Waals surface area contributed by atoms with E-state index < -0.39 is 0 Å². The Morgan fingerprint density at radius 1 is 1.22 bits per heavy atom. The normalized spacial score (nSPS) is 16.9. The van der Waals surface area contributed by atoms with Gasteiger partial charge in [0.05, 0.1) is 5.92 Å². The van der Waals surface area contributed by atoms with Gasteiger partial charge in [-0.3, -0.25) is 9.59 Å². The lowest BCUT2D eigenvalue weighted by atomic mass is 10.1. The first-order chi connectivity index (χ1) is 12.9. The molecule has 1 fully saturated rings. The van der Waals surface area contributed by atoms with Crippen molar-refractivity contribution in [1.82, 2.24) is 4.98 Å². The van der Waals surface area contributed by atoms with Crippen molar-refractivity contribution in [2.45, 2.75) is 27.2 Å². The van der Waals surface area contributed by atoms with Gasteiger partial charge in [0, 0.05) is 31.3 Å². The summed E-state index contributed by atoms with van der Waals surface area (Å²) in [5.74, 6) is 0.0152. The maximum absolute atomic E-state index is 12.7. The summed E-state index contributed by atoms with van der Waals surface area (Å²) < 4.78 is 5.48. The van der Waals surface area contributed by atoms with Crippen molar-refractivity contribution in [1.29, 1.82) is 0 Å². The van der Waals surface area contributed by atoms with Gasteiger partial charge in [-0.1, -0.05) is 12.1 Å². The van der Waals surface area contributed by atoms with Gasteiger partial charge in [0.25, 0.3) is 0 Å². The predicted octanol–water partition coefficient (Wildman–Crippen LogP) is 3.74. The quantitative estimate of drug-likeness (QED) is 0.769. The molecule has 1 aromatic heterocycles. The third-order valence-electron chi connectivity index (χ3n) is 5.15. The molecule has 2 aromatic carbocycles. The number of rotatable bonds is 3. The van der Waals surface area contributed by atoms with Crippen LogP contribution in [0.1, 0.15) is 23.4 Å². The molecule has 6 heteroatoms. The molecule has 2 heterocycles. The average Bonchev–Trinajstić information content (AvgIpc) is 3.20. The second-order valence-corrected chi connectivity index (χ2v) is 7.03. The topological polar surface area (TPSA) is 75.4 Å². The van der Waals surface area contributed by atoms with E-state index in [0.717, 1.165) is 22.5 Å². The fourth-order valence-corrected chi connectivity index (χ4v) is 3.45. The number of nitrogens with zero attached hydrogens (tertiary/aromatic N) is 2. The zero-order chi connectivity index (χ0) is 19.1. The van der Waals surface area contributed by atoms with Crippen molar-refractivity contribution in [3.8, 4) is 0 Å². The number of hydrogen-bond acceptors (Lipinski definition) is 4. The molecule has 1 aliphatic rings. The van der Waals surface area contributed by atoms with E-state index in [4.69, 9.17) is 4.42 Å². The lowest BCUT2D eigenvalue weighted by Gasteiger charge is -2.17. The molecule has 0 spiro atoms. The van der Waals surface area contributed by atoms with Crippen LogP contribution in [-0.4, -0.2) is 23.3 Å². The van der Waals surface area contributed by atoms with Gasteiger partial charge >= 0.3 is 0 Å². The van der Waals surface area contributed by atoms with Crippen LogP contribution < -0.4 is 10.2 Å². The Balaban J connectivity index is 1.52. The minimum atomic E-state index is -0.382. The molecule has 1 atom stereocenters. The average molecular weight is 363 g/mol. The van der Waals surface area contributed by atoms with Gasteiger partial charge in [0.2, 0.25) is 11.8 Å². The summed E-state index contributed by atoms with van der Waals surface area (Å²) in [5, 5.41) is 2.97. The fourth-order valence-electron chi connectivity index (χ4n) is 3.45. The van der Waals surface area contributed by atoms with Gasteiger partial charge < -0.3 is 14.6 Å². The molecule has 2 amide bonds. The van der Waals surface area contributed by atoms with Crippen LogP contribution in [0.25, 0.3) is 11.1 Å². The SMILES string of the molecule is Cc1nc2cc(N3CC(C(=O)Nc4cccc(C)c4C)CC3=O)ccc2o1. The molecule has 27 heavy (non-hydrogen) atoms. The van der Waals surface area contributed by atoms with Gasteiger partial charge in [-0.15, -0.1) is 0 Å². The van der Waals surface area contributed by atoms with Crippen LogP contribution in [0.3, 0.4) is 0 Å². The zero-order valence-electron chi connectivity index (χ0n) is 15.6. The molecule has 4 rings (SSSR count). The van der Waals surface area contributed by atoms with Crippen molar-refractivity contribution in [3.63, 3.8) is 0 Å². The van der Waals surface area contributed by atoms with E-state index in [-0.39, 0.29) is 24.2 Å². The fraction of sp³-hybridized carbons (Fsp3) is 0.286. The van der Waals surface area contributed by atoms with Gasteiger partial charge in [-0.25, -0.2) is 4.98 Å². The minimum absolute atomic E-state index is 0.0596. The van der Waals surface area contributed by atoms with Crippen LogP contribution in [0, 0.1) is 26.7 Å². The number of hydrogen-bond donors (Lipinski definition) is 1. The summed E-state index contributed by atoms with van der Waals surface area (Å²) in [4.78, 5) is 31.2. The first-order valence-corrected chi connectivity index (χ1v) is 8.97. The third kappa shape index (κ3) is 3.18. The van der Waals surface area contributed by atoms with Gasteiger partial charge in [-0.2, -0.15) is 0 Å². The highest BCUT2D eigenvalue weighted by Crippen LogP contribution is 2.29. The highest BCUT2D eigenvalue weighted by molar-refractivity contribution is 6.04. The van der Waals surface area contributed by atoms with Crippen molar-refractivity contribution in [2.75, 3.05) is 16.8 Å². The molecule has 6 nitrogen and oxygen atoms in total. The van der Waals surface area contributed by atoms with Crippen LogP contribution in [-0.2, 0) is 9.59 Å². The maximum atomic E-state index is 12.7. The number of aromatic nitrogens is 1. The van der Waals surface area contributed by atoms with E-state index in [9.17, 15) is 9.59 Å². The summed E-state index contributed by atoms with van der Waals surface area (Å²) >= 11 is 0. The summed E-state index contributed by atoms with van der Waals surface area (Å²) in [6.45, 7) is 6.13. The highest BCUT2D eigenvalue weighted by Gasteiger charge is 2.35. The highest BCUT2D eigenvalue weighted by atomic mass is 16.3. The summed E-state index contributed by atoms with van der Waals surface area (Å²) in [7, 11) is 0. The molecule has 1 N–H and O–H groups in total. The van der Waals surface area contributed by atoms with Crippen molar-refractivity contribution in [3.05, 3.63) is 53.4 Å². The third-order valence-corrected chi connectivity index (χ3v) is 5.15. The Bertz CT molecular complexity index is 1050. The Kier molecular flexibility index (Phi) is 4.18. The van der Waals surface area contributed by atoms with E-state index in [1.807, 2.05) is 44.2 Å². The molecule has 3 aromatic rings. The van der Waals surface area contributed by atoms with Crippen LogP contribution in [0.5, 0.6) is 0 Å². The van der Waals surface area contributed by atoms with Gasteiger partial charge in [-0.05, 0) is 49.2 Å². The van der Waals surface area contributed by atoms with E-state index >= 15 is 0 Å². The number of fused-ring (bicyclic) bond motifs is 1. The van der Waals surface area contributed by atoms with Crippen LogP contribution in [0.15, 0.2) is 40.8 Å². The largest absolute Gasteiger partial charge is 0.441 e. The zero-order valence-corrected chi connectivity index (χ0v) is 15.6. The predicted molar refractivity (Wildman–Crippen MR) is 104 cm³/mol. The molecule has 1 aliphatic heterocycles. The molecule has 0 saturated carbocycles. The number of amides is 2. The lowest BCUT2D eigenvalue weighted by Crippen LogP contribution is -2.28. The van der Waals surface area contributed by atoms with E-state index in [1.54, 1.807) is 17.9 Å². The van der Waals surface area contributed by atoms with E-state index in [0.29, 0.717) is 23.5 Å². The first-order valence-electron chi connectivity index (χ1n) is 8.97. The first kappa shape index (κ1) is 17.3. The number of nitrogens with one attached hydrogen (secondary N) is 1.